The van der Waals surface area contributed by atoms with E-state index in [0.717, 1.165) is 25.2 Å². The van der Waals surface area contributed by atoms with Gasteiger partial charge in [-0.15, -0.1) is 0 Å². The van der Waals surface area contributed by atoms with Crippen LogP contribution < -0.4 is 9.62 Å². The van der Waals surface area contributed by atoms with Gasteiger partial charge >= 0.3 is 0 Å². The molecule has 0 aliphatic rings. The number of nitrogens with zero attached hydrogens (tertiary/aromatic N) is 1. The number of carbonyl (C=O) groups excluding carboxylic acids is 1. The van der Waals surface area contributed by atoms with Crippen molar-refractivity contribution < 1.29 is 13.2 Å². The minimum atomic E-state index is -3.97. The van der Waals surface area contributed by atoms with Gasteiger partial charge in [-0.3, -0.25) is 9.10 Å². The molecule has 4 aromatic carbocycles. The monoisotopic (exact) mass is 502 g/mol. The third-order valence-corrected chi connectivity index (χ3v) is 8.19. The summed E-state index contributed by atoms with van der Waals surface area (Å²) in [4.78, 5) is 15.2. The first-order valence-corrected chi connectivity index (χ1v) is 13.4. The molecule has 0 saturated heterocycles. The summed E-state index contributed by atoms with van der Waals surface area (Å²) in [6, 6.07) is 31.1. The molecule has 4 aromatic rings. The Kier molecular flexibility index (Phi) is 7.58. The van der Waals surface area contributed by atoms with Crippen LogP contribution >= 0.6 is 11.8 Å². The van der Waals surface area contributed by atoms with Gasteiger partial charge in [-0.25, -0.2) is 8.42 Å². The van der Waals surface area contributed by atoms with Gasteiger partial charge in [0.15, 0.2) is 0 Å². The zero-order valence-electron chi connectivity index (χ0n) is 19.5. The number of nitrogens with one attached hydrogen (secondary N) is 1. The highest BCUT2D eigenvalue weighted by atomic mass is 32.2. The van der Waals surface area contributed by atoms with E-state index in [0.29, 0.717) is 11.4 Å². The highest BCUT2D eigenvalue weighted by molar-refractivity contribution is 7.99. The smallest absolute Gasteiger partial charge is 0.264 e. The standard InChI is InChI=1S/C28H26N2O3S2/c1-21-15-17-25(18-16-21)35(32,33)30(23-10-8-9-22(2)19-23)20-28(31)29-26-13-6-7-14-27(26)34-24-11-4-3-5-12-24/h3-19H,20H2,1-2H3,(H,29,31). The molecule has 0 aliphatic carbocycles. The van der Waals surface area contributed by atoms with Crippen molar-refractivity contribution in [1.29, 1.82) is 0 Å². The maximum atomic E-state index is 13.6. The molecule has 0 fully saturated rings. The summed E-state index contributed by atoms with van der Waals surface area (Å²) >= 11 is 1.53. The summed E-state index contributed by atoms with van der Waals surface area (Å²) in [6.45, 7) is 3.42. The molecule has 1 N–H and O–H groups in total. The van der Waals surface area contributed by atoms with Crippen LogP contribution in [0.5, 0.6) is 0 Å². The van der Waals surface area contributed by atoms with Gasteiger partial charge in [-0.05, 0) is 67.9 Å². The van der Waals surface area contributed by atoms with Crippen LogP contribution in [0.3, 0.4) is 0 Å². The van der Waals surface area contributed by atoms with E-state index in [-0.39, 0.29) is 11.4 Å². The van der Waals surface area contributed by atoms with E-state index in [1.54, 1.807) is 42.5 Å². The maximum Gasteiger partial charge on any atom is 0.264 e. The van der Waals surface area contributed by atoms with Crippen molar-refractivity contribution in [2.24, 2.45) is 0 Å². The Morgan fingerprint density at radius 1 is 0.800 bits per heavy atom. The van der Waals surface area contributed by atoms with Crippen molar-refractivity contribution >= 4 is 39.1 Å². The van der Waals surface area contributed by atoms with Gasteiger partial charge in [0.25, 0.3) is 10.0 Å². The average molecular weight is 503 g/mol. The second-order valence-corrected chi connectivity index (χ2v) is 11.1. The van der Waals surface area contributed by atoms with Crippen LogP contribution in [0.2, 0.25) is 0 Å². The lowest BCUT2D eigenvalue weighted by Crippen LogP contribution is -2.38. The normalized spacial score (nSPS) is 11.1. The second kappa shape index (κ2) is 10.8. The summed E-state index contributed by atoms with van der Waals surface area (Å²) in [7, 11) is -3.97. The van der Waals surface area contributed by atoms with E-state index in [4.69, 9.17) is 0 Å². The summed E-state index contributed by atoms with van der Waals surface area (Å²) < 4.78 is 28.3. The molecule has 178 valence electrons. The van der Waals surface area contributed by atoms with Crippen molar-refractivity contribution in [1.82, 2.24) is 0 Å². The minimum absolute atomic E-state index is 0.137. The number of carbonyl (C=O) groups is 1. The van der Waals surface area contributed by atoms with Gasteiger partial charge in [0.1, 0.15) is 6.54 Å². The molecule has 7 heteroatoms. The molecular formula is C28H26N2O3S2. The number of amides is 1. The Morgan fingerprint density at radius 2 is 1.49 bits per heavy atom. The van der Waals surface area contributed by atoms with Gasteiger partial charge in [-0.1, -0.05) is 71.9 Å². The quantitative estimate of drug-likeness (QED) is 0.308. The fourth-order valence-electron chi connectivity index (χ4n) is 3.53. The van der Waals surface area contributed by atoms with E-state index in [9.17, 15) is 13.2 Å². The molecule has 0 radical (unpaired) electrons. The Hall–Kier alpha value is -3.55. The fourth-order valence-corrected chi connectivity index (χ4v) is 5.87. The average Bonchev–Trinajstić information content (AvgIpc) is 2.84. The summed E-state index contributed by atoms with van der Waals surface area (Å²) in [5, 5.41) is 2.91. The molecule has 0 unspecified atom stereocenters. The molecule has 0 heterocycles. The first-order valence-electron chi connectivity index (χ1n) is 11.1. The summed E-state index contributed by atoms with van der Waals surface area (Å²) in [5.74, 6) is -0.427. The Labute approximate surface area is 210 Å². The third-order valence-electron chi connectivity index (χ3n) is 5.32. The molecule has 0 saturated carbocycles. The number of para-hydroxylation sites is 1. The molecule has 0 bridgehead atoms. The fraction of sp³-hybridized carbons (Fsp3) is 0.107. The lowest BCUT2D eigenvalue weighted by Gasteiger charge is -2.24. The third kappa shape index (κ3) is 6.12. The number of hydrogen-bond acceptors (Lipinski definition) is 4. The van der Waals surface area contributed by atoms with Crippen molar-refractivity contribution in [3.8, 4) is 0 Å². The van der Waals surface area contributed by atoms with E-state index in [2.05, 4.69) is 5.32 Å². The van der Waals surface area contributed by atoms with E-state index >= 15 is 0 Å². The topological polar surface area (TPSA) is 66.5 Å². The largest absolute Gasteiger partial charge is 0.323 e. The maximum absolute atomic E-state index is 13.6. The molecular weight excluding hydrogens is 476 g/mol. The second-order valence-electron chi connectivity index (χ2n) is 8.12. The van der Waals surface area contributed by atoms with Crippen LogP contribution in [-0.4, -0.2) is 20.9 Å². The van der Waals surface area contributed by atoms with Gasteiger partial charge in [-0.2, -0.15) is 0 Å². The number of benzene rings is 4. The minimum Gasteiger partial charge on any atom is -0.323 e. The number of hydrogen-bond donors (Lipinski definition) is 1. The van der Waals surface area contributed by atoms with Gasteiger partial charge in [0.05, 0.1) is 16.3 Å². The molecule has 0 atom stereocenters. The highest BCUT2D eigenvalue weighted by Crippen LogP contribution is 2.33. The summed E-state index contributed by atoms with van der Waals surface area (Å²) in [5.41, 5.74) is 2.92. The first kappa shape index (κ1) is 24.6. The van der Waals surface area contributed by atoms with Crippen molar-refractivity contribution in [2.75, 3.05) is 16.2 Å². The van der Waals surface area contributed by atoms with Gasteiger partial charge in [0, 0.05) is 9.79 Å². The Balaban J connectivity index is 1.62. The molecule has 0 aliphatic heterocycles. The van der Waals surface area contributed by atoms with Crippen LogP contribution in [0.4, 0.5) is 11.4 Å². The van der Waals surface area contributed by atoms with E-state index < -0.39 is 15.9 Å². The zero-order chi connectivity index (χ0) is 24.8. The molecule has 0 spiro atoms. The SMILES string of the molecule is Cc1ccc(S(=O)(=O)N(CC(=O)Nc2ccccc2Sc2ccccc2)c2cccc(C)c2)cc1. The molecule has 5 nitrogen and oxygen atoms in total. The predicted octanol–water partition coefficient (Wildman–Crippen LogP) is 6.29. The van der Waals surface area contributed by atoms with Crippen molar-refractivity contribution in [2.45, 2.75) is 28.5 Å². The molecule has 0 aromatic heterocycles. The zero-order valence-corrected chi connectivity index (χ0v) is 21.1. The van der Waals surface area contributed by atoms with Crippen LogP contribution in [0, 0.1) is 13.8 Å². The number of anilines is 2. The number of rotatable bonds is 8. The van der Waals surface area contributed by atoms with Crippen LogP contribution in [0.25, 0.3) is 0 Å². The first-order chi connectivity index (χ1) is 16.8. The van der Waals surface area contributed by atoms with Crippen LogP contribution in [-0.2, 0) is 14.8 Å². The van der Waals surface area contributed by atoms with Crippen LogP contribution in [0.1, 0.15) is 11.1 Å². The number of sulfonamides is 1. The molecule has 35 heavy (non-hydrogen) atoms. The highest BCUT2D eigenvalue weighted by Gasteiger charge is 2.27. The Bertz CT molecular complexity index is 1420. The molecule has 4 rings (SSSR count). The molecule has 1 amide bonds. The van der Waals surface area contributed by atoms with Crippen LogP contribution in [0.15, 0.2) is 118 Å². The van der Waals surface area contributed by atoms with E-state index in [1.165, 1.54) is 11.8 Å². The summed E-state index contributed by atoms with van der Waals surface area (Å²) in [6.07, 6.45) is 0. The van der Waals surface area contributed by atoms with Crippen molar-refractivity contribution in [3.63, 3.8) is 0 Å². The van der Waals surface area contributed by atoms with Gasteiger partial charge in [0.2, 0.25) is 5.91 Å². The lowest BCUT2D eigenvalue weighted by molar-refractivity contribution is -0.114. The van der Waals surface area contributed by atoms with Crippen molar-refractivity contribution in [3.05, 3.63) is 114 Å². The van der Waals surface area contributed by atoms with E-state index in [1.807, 2.05) is 74.5 Å². The Morgan fingerprint density at radius 3 is 2.20 bits per heavy atom. The van der Waals surface area contributed by atoms with Gasteiger partial charge < -0.3 is 5.32 Å². The predicted molar refractivity (Wildman–Crippen MR) is 143 cm³/mol. The lowest BCUT2D eigenvalue weighted by atomic mass is 10.2. The number of aryl methyl sites for hydroxylation is 2.